The van der Waals surface area contributed by atoms with Crippen molar-refractivity contribution in [1.82, 2.24) is 30.0 Å². The molecule has 0 bridgehead atoms. The van der Waals surface area contributed by atoms with Gasteiger partial charge in [0.2, 0.25) is 17.8 Å². The smallest absolute Gasteiger partial charge is 0.233 e. The number of piperazine rings is 1. The van der Waals surface area contributed by atoms with Crippen LogP contribution in [0.5, 0.6) is 0 Å². The molecule has 0 spiro atoms. The van der Waals surface area contributed by atoms with Crippen molar-refractivity contribution in [3.63, 3.8) is 0 Å². The zero-order valence-corrected chi connectivity index (χ0v) is 18.1. The maximum absolute atomic E-state index is 12.4. The Morgan fingerprint density at radius 3 is 2.81 bits per heavy atom. The summed E-state index contributed by atoms with van der Waals surface area (Å²) in [6.07, 6.45) is 1.61. The molecule has 31 heavy (non-hydrogen) atoms. The first-order chi connectivity index (χ1) is 15.0. The van der Waals surface area contributed by atoms with Gasteiger partial charge in [0.1, 0.15) is 6.33 Å². The fourth-order valence-corrected chi connectivity index (χ4v) is 3.55. The van der Waals surface area contributed by atoms with Crippen LogP contribution in [-0.4, -0.2) is 69.2 Å². The summed E-state index contributed by atoms with van der Waals surface area (Å²) in [6.45, 7) is 5.56. The fourth-order valence-electron chi connectivity index (χ4n) is 3.28. The predicted octanol–water partition coefficient (Wildman–Crippen LogP) is 2.23. The molecule has 1 amide bonds. The molecule has 11 heteroatoms. The minimum Gasteiger partial charge on any atom is -0.338 e. The number of aromatic nitrogens is 5. The Labute approximate surface area is 185 Å². The molecule has 1 aromatic carbocycles. The lowest BCUT2D eigenvalue weighted by atomic mass is 10.2. The number of rotatable bonds is 6. The Morgan fingerprint density at radius 1 is 1.23 bits per heavy atom. The number of amides is 1. The molecule has 1 saturated heterocycles. The van der Waals surface area contributed by atoms with Gasteiger partial charge in [0.15, 0.2) is 5.82 Å². The van der Waals surface area contributed by atoms with Crippen molar-refractivity contribution < 1.29 is 4.79 Å². The fraction of sp³-hybridized carbons (Fsp3) is 0.350. The summed E-state index contributed by atoms with van der Waals surface area (Å²) in [5, 5.41) is 13.5. The number of hydrogen-bond donors (Lipinski definition) is 3. The highest BCUT2D eigenvalue weighted by atomic mass is 35.5. The van der Waals surface area contributed by atoms with Gasteiger partial charge in [-0.2, -0.15) is 10.1 Å². The van der Waals surface area contributed by atoms with Crippen molar-refractivity contribution in [3.05, 3.63) is 46.9 Å². The van der Waals surface area contributed by atoms with Gasteiger partial charge in [-0.05, 0) is 25.6 Å². The van der Waals surface area contributed by atoms with Gasteiger partial charge in [-0.25, -0.2) is 9.97 Å². The van der Waals surface area contributed by atoms with E-state index in [1.54, 1.807) is 12.1 Å². The van der Waals surface area contributed by atoms with E-state index >= 15 is 0 Å². The molecule has 3 aromatic rings. The van der Waals surface area contributed by atoms with Gasteiger partial charge in [-0.15, -0.1) is 0 Å². The number of carbonyl (C=O) groups excluding carboxylic acids is 1. The molecule has 4 rings (SSSR count). The number of hydrogen-bond acceptors (Lipinski definition) is 8. The van der Waals surface area contributed by atoms with E-state index < -0.39 is 0 Å². The van der Waals surface area contributed by atoms with Crippen LogP contribution in [0.3, 0.4) is 0 Å². The van der Waals surface area contributed by atoms with E-state index in [0.717, 1.165) is 31.7 Å². The van der Waals surface area contributed by atoms with E-state index in [4.69, 9.17) is 11.6 Å². The molecule has 10 nitrogen and oxygen atoms in total. The third-order valence-electron chi connectivity index (χ3n) is 5.05. The number of aromatic amines is 1. The number of nitrogens with zero attached hydrogens (tertiary/aromatic N) is 6. The lowest BCUT2D eigenvalue weighted by Crippen LogP contribution is -2.45. The number of likely N-dealkylation sites (N-methyl/N-ethyl adjacent to an activating group) is 1. The number of nitrogens with one attached hydrogen (secondary N) is 3. The van der Waals surface area contributed by atoms with Crippen molar-refractivity contribution in [2.45, 2.75) is 13.3 Å². The summed E-state index contributed by atoms with van der Waals surface area (Å²) in [6, 6.07) is 7.23. The van der Waals surface area contributed by atoms with Gasteiger partial charge < -0.3 is 20.4 Å². The van der Waals surface area contributed by atoms with Crippen molar-refractivity contribution in [3.8, 4) is 0 Å². The summed E-state index contributed by atoms with van der Waals surface area (Å²) < 4.78 is 0. The van der Waals surface area contributed by atoms with Crippen LogP contribution in [0.2, 0.25) is 5.02 Å². The standard InChI is InChI=1S/C20H24ClN9O/c1-13-4-3-5-15(21)18(13)25-17(31)11-14-10-16(28-27-14)24-19-22-12-23-20(26-19)30-8-6-29(2)7-9-30/h3-5,10,12H,6-9,11H2,1-2H3,(H,25,31)(H2,22,23,24,26,27,28). The van der Waals surface area contributed by atoms with E-state index in [2.05, 4.69) is 52.6 Å². The van der Waals surface area contributed by atoms with E-state index in [1.807, 2.05) is 19.1 Å². The summed E-state index contributed by atoms with van der Waals surface area (Å²) in [4.78, 5) is 29.8. The molecular formula is C20H24ClN9O. The van der Waals surface area contributed by atoms with Crippen molar-refractivity contribution in [2.24, 2.45) is 0 Å². The van der Waals surface area contributed by atoms with Gasteiger partial charge in [-0.1, -0.05) is 23.7 Å². The second-order valence-electron chi connectivity index (χ2n) is 7.46. The van der Waals surface area contributed by atoms with E-state index in [1.165, 1.54) is 6.33 Å². The van der Waals surface area contributed by atoms with Crippen LogP contribution in [0.15, 0.2) is 30.6 Å². The number of carbonyl (C=O) groups is 1. The van der Waals surface area contributed by atoms with Gasteiger partial charge >= 0.3 is 0 Å². The maximum atomic E-state index is 12.4. The number of halogens is 1. The number of aryl methyl sites for hydroxylation is 1. The van der Waals surface area contributed by atoms with Crippen LogP contribution in [-0.2, 0) is 11.2 Å². The average molecular weight is 442 g/mol. The normalized spacial score (nSPS) is 14.5. The molecule has 0 saturated carbocycles. The molecule has 0 radical (unpaired) electrons. The van der Waals surface area contributed by atoms with Crippen LogP contribution < -0.4 is 15.5 Å². The zero-order valence-electron chi connectivity index (χ0n) is 17.4. The minimum atomic E-state index is -0.191. The molecule has 0 unspecified atom stereocenters. The first kappa shape index (κ1) is 21.0. The monoisotopic (exact) mass is 441 g/mol. The van der Waals surface area contributed by atoms with Gasteiger partial charge in [0.25, 0.3) is 0 Å². The molecule has 3 N–H and O–H groups in total. The van der Waals surface area contributed by atoms with Crippen LogP contribution in [0, 0.1) is 6.92 Å². The molecule has 0 aliphatic carbocycles. The lowest BCUT2D eigenvalue weighted by molar-refractivity contribution is -0.115. The van der Waals surface area contributed by atoms with Crippen molar-refractivity contribution in [2.75, 3.05) is 48.8 Å². The molecule has 0 atom stereocenters. The van der Waals surface area contributed by atoms with Crippen LogP contribution in [0.4, 0.5) is 23.4 Å². The Hall–Kier alpha value is -3.24. The number of benzene rings is 1. The number of para-hydroxylation sites is 1. The van der Waals surface area contributed by atoms with Gasteiger partial charge in [-0.3, -0.25) is 9.89 Å². The minimum absolute atomic E-state index is 0.128. The zero-order chi connectivity index (χ0) is 21.8. The highest BCUT2D eigenvalue weighted by molar-refractivity contribution is 6.33. The Kier molecular flexibility index (Phi) is 6.28. The highest BCUT2D eigenvalue weighted by Crippen LogP contribution is 2.25. The first-order valence-electron chi connectivity index (χ1n) is 9.97. The number of H-pyrrole nitrogens is 1. The topological polar surface area (TPSA) is 115 Å². The highest BCUT2D eigenvalue weighted by Gasteiger charge is 2.17. The second-order valence-corrected chi connectivity index (χ2v) is 7.87. The molecule has 1 fully saturated rings. The summed E-state index contributed by atoms with van der Waals surface area (Å²) in [5.41, 5.74) is 2.17. The summed E-state index contributed by atoms with van der Waals surface area (Å²) in [7, 11) is 2.10. The number of anilines is 4. The molecular weight excluding hydrogens is 418 g/mol. The van der Waals surface area contributed by atoms with E-state index in [9.17, 15) is 4.79 Å². The molecule has 2 aromatic heterocycles. The second kappa shape index (κ2) is 9.27. The Morgan fingerprint density at radius 2 is 2.03 bits per heavy atom. The third-order valence-corrected chi connectivity index (χ3v) is 5.37. The summed E-state index contributed by atoms with van der Waals surface area (Å²) in [5.74, 6) is 1.37. The quantitative estimate of drug-likeness (QED) is 0.533. The van der Waals surface area contributed by atoms with Crippen molar-refractivity contribution in [1.29, 1.82) is 0 Å². The first-order valence-corrected chi connectivity index (χ1v) is 10.3. The molecule has 3 heterocycles. The largest absolute Gasteiger partial charge is 0.338 e. The Balaban J connectivity index is 1.37. The van der Waals surface area contributed by atoms with Crippen LogP contribution in [0.1, 0.15) is 11.3 Å². The Bertz CT molecular complexity index is 1040. The van der Waals surface area contributed by atoms with E-state index in [-0.39, 0.29) is 12.3 Å². The SMILES string of the molecule is Cc1cccc(Cl)c1NC(=O)Cc1cc(Nc2ncnc(N3CCN(C)CC3)n2)n[nH]1. The maximum Gasteiger partial charge on any atom is 0.233 e. The van der Waals surface area contributed by atoms with E-state index in [0.29, 0.717) is 34.1 Å². The average Bonchev–Trinajstić information content (AvgIpc) is 3.18. The van der Waals surface area contributed by atoms with Gasteiger partial charge in [0.05, 0.1) is 17.1 Å². The van der Waals surface area contributed by atoms with Gasteiger partial charge in [0, 0.05) is 37.9 Å². The third kappa shape index (κ3) is 5.28. The van der Waals surface area contributed by atoms with Crippen LogP contribution in [0.25, 0.3) is 0 Å². The summed E-state index contributed by atoms with van der Waals surface area (Å²) >= 11 is 6.18. The van der Waals surface area contributed by atoms with Crippen LogP contribution >= 0.6 is 11.6 Å². The molecule has 1 aliphatic heterocycles. The lowest BCUT2D eigenvalue weighted by Gasteiger charge is -2.32. The molecule has 1 aliphatic rings. The predicted molar refractivity (Wildman–Crippen MR) is 120 cm³/mol. The molecule has 162 valence electrons. The van der Waals surface area contributed by atoms with Crippen molar-refractivity contribution >= 4 is 40.9 Å².